The Kier molecular flexibility index (Phi) is 5.02. The molecule has 0 saturated heterocycles. The molecule has 1 amide bonds. The van der Waals surface area contributed by atoms with Gasteiger partial charge in [-0.1, -0.05) is 30.3 Å². The average Bonchev–Trinajstić information content (AvgIpc) is 3.04. The Balaban J connectivity index is 1.83. The second-order valence-electron chi connectivity index (χ2n) is 6.17. The van der Waals surface area contributed by atoms with Gasteiger partial charge in [0.05, 0.1) is 22.9 Å². The highest BCUT2D eigenvalue weighted by atomic mass is 32.2. The summed E-state index contributed by atoms with van der Waals surface area (Å²) in [6.07, 6.45) is 1.16. The van der Waals surface area contributed by atoms with Crippen molar-refractivity contribution in [1.29, 1.82) is 0 Å². The lowest BCUT2D eigenvalue weighted by atomic mass is 10.1. The van der Waals surface area contributed by atoms with E-state index >= 15 is 0 Å². The molecule has 0 aliphatic heterocycles. The van der Waals surface area contributed by atoms with Crippen molar-refractivity contribution < 1.29 is 13.2 Å². The first kappa shape index (κ1) is 18.4. The number of anilines is 1. The smallest absolute Gasteiger partial charge is 0.261 e. The van der Waals surface area contributed by atoms with Crippen molar-refractivity contribution in [2.45, 2.75) is 13.0 Å². The first-order valence-corrected chi connectivity index (χ1v) is 10.8. The molecule has 0 fully saturated rings. The Bertz CT molecular complexity index is 1040. The number of hydrogen-bond acceptors (Lipinski definition) is 4. The quantitative estimate of drug-likeness (QED) is 0.723. The molecule has 0 bridgehead atoms. The largest absolute Gasteiger partial charge is 0.345 e. The fourth-order valence-electron chi connectivity index (χ4n) is 2.62. The van der Waals surface area contributed by atoms with E-state index in [1.807, 2.05) is 43.3 Å². The summed E-state index contributed by atoms with van der Waals surface area (Å²) in [5, 5.41) is 3.85. The van der Waals surface area contributed by atoms with Crippen LogP contribution in [0.4, 0.5) is 5.69 Å². The molecular weight excluding hydrogens is 368 g/mol. The molecule has 1 unspecified atom stereocenters. The molecule has 1 aromatic heterocycles. The van der Waals surface area contributed by atoms with Crippen LogP contribution in [0.15, 0.2) is 54.6 Å². The van der Waals surface area contributed by atoms with Gasteiger partial charge in [0.1, 0.15) is 0 Å². The van der Waals surface area contributed by atoms with Crippen molar-refractivity contribution in [2.24, 2.45) is 0 Å². The first-order chi connectivity index (χ1) is 12.3. The summed E-state index contributed by atoms with van der Waals surface area (Å²) in [4.78, 5) is 13.2. The lowest BCUT2D eigenvalue weighted by Gasteiger charge is -2.16. The molecule has 136 valence electrons. The van der Waals surface area contributed by atoms with E-state index in [0.717, 1.165) is 21.9 Å². The summed E-state index contributed by atoms with van der Waals surface area (Å²) >= 11 is 1.39. The lowest BCUT2D eigenvalue weighted by Crippen LogP contribution is -2.25. The van der Waals surface area contributed by atoms with Crippen molar-refractivity contribution in [3.63, 3.8) is 0 Å². The van der Waals surface area contributed by atoms with Gasteiger partial charge in [0.15, 0.2) is 0 Å². The second-order valence-corrected chi connectivity index (χ2v) is 9.27. The van der Waals surface area contributed by atoms with Crippen molar-refractivity contribution in [3.8, 4) is 0 Å². The van der Waals surface area contributed by atoms with Crippen molar-refractivity contribution in [3.05, 3.63) is 65.0 Å². The van der Waals surface area contributed by atoms with Crippen molar-refractivity contribution in [1.82, 2.24) is 5.32 Å². The van der Waals surface area contributed by atoms with Gasteiger partial charge < -0.3 is 5.32 Å². The van der Waals surface area contributed by atoms with Crippen LogP contribution < -0.4 is 9.62 Å². The number of rotatable bonds is 5. The molecule has 2 aromatic carbocycles. The molecule has 1 atom stereocenters. The van der Waals surface area contributed by atoms with E-state index in [2.05, 4.69) is 5.32 Å². The second kappa shape index (κ2) is 7.09. The Labute approximate surface area is 157 Å². The standard InChI is InChI=1S/C19H20N2O3S2/c1-13(14-7-5-4-6-8-14)20-19(22)18-12-15-11-16(9-10-17(15)25-18)21(2)26(3,23)24/h4-13H,1-3H3,(H,20,22). The van der Waals surface area contributed by atoms with E-state index < -0.39 is 10.0 Å². The number of amides is 1. The van der Waals surface area contributed by atoms with Crippen LogP contribution in [-0.2, 0) is 10.0 Å². The highest BCUT2D eigenvalue weighted by molar-refractivity contribution is 7.92. The molecule has 0 saturated carbocycles. The maximum Gasteiger partial charge on any atom is 0.261 e. The lowest BCUT2D eigenvalue weighted by molar-refractivity contribution is 0.0944. The number of carbonyl (C=O) groups is 1. The molecule has 0 aliphatic rings. The van der Waals surface area contributed by atoms with Crippen LogP contribution in [0, 0.1) is 0 Å². The third-order valence-corrected chi connectivity index (χ3v) is 6.55. The van der Waals surface area contributed by atoms with Gasteiger partial charge in [-0.15, -0.1) is 11.3 Å². The predicted octanol–water partition coefficient (Wildman–Crippen LogP) is 3.79. The monoisotopic (exact) mass is 388 g/mol. The zero-order valence-electron chi connectivity index (χ0n) is 14.8. The van der Waals surface area contributed by atoms with E-state index in [4.69, 9.17) is 0 Å². The molecule has 0 aliphatic carbocycles. The predicted molar refractivity (Wildman–Crippen MR) is 107 cm³/mol. The number of fused-ring (bicyclic) bond motifs is 1. The number of sulfonamides is 1. The molecule has 5 nitrogen and oxygen atoms in total. The number of nitrogens with one attached hydrogen (secondary N) is 1. The zero-order valence-corrected chi connectivity index (χ0v) is 16.4. The SMILES string of the molecule is CC(NC(=O)c1cc2cc(N(C)S(C)(=O)=O)ccc2s1)c1ccccc1. The molecule has 0 spiro atoms. The van der Waals surface area contributed by atoms with E-state index in [9.17, 15) is 13.2 Å². The summed E-state index contributed by atoms with van der Waals surface area (Å²) in [5.74, 6) is -0.138. The van der Waals surface area contributed by atoms with E-state index in [-0.39, 0.29) is 11.9 Å². The van der Waals surface area contributed by atoms with Crippen molar-refractivity contribution in [2.75, 3.05) is 17.6 Å². The summed E-state index contributed by atoms with van der Waals surface area (Å²) in [6, 6.07) is 16.8. The van der Waals surface area contributed by atoms with Crippen LogP contribution in [-0.4, -0.2) is 27.6 Å². The summed E-state index contributed by atoms with van der Waals surface area (Å²) in [7, 11) is -1.81. The highest BCUT2D eigenvalue weighted by Crippen LogP contribution is 2.30. The maximum atomic E-state index is 12.6. The Morgan fingerprint density at radius 3 is 2.46 bits per heavy atom. The Morgan fingerprint density at radius 1 is 1.12 bits per heavy atom. The third kappa shape index (κ3) is 3.89. The molecule has 3 aromatic rings. The molecule has 7 heteroatoms. The van der Waals surface area contributed by atoms with Gasteiger partial charge in [-0.3, -0.25) is 9.10 Å². The van der Waals surface area contributed by atoms with Crippen LogP contribution in [0.2, 0.25) is 0 Å². The van der Waals surface area contributed by atoms with Gasteiger partial charge in [-0.25, -0.2) is 8.42 Å². The van der Waals surface area contributed by atoms with Gasteiger partial charge in [0.2, 0.25) is 10.0 Å². The molecular formula is C19H20N2O3S2. The fourth-order valence-corrected chi connectivity index (χ4v) is 4.07. The van der Waals surface area contributed by atoms with E-state index in [1.165, 1.54) is 22.7 Å². The summed E-state index contributed by atoms with van der Waals surface area (Å²) in [6.45, 7) is 1.94. The minimum Gasteiger partial charge on any atom is -0.345 e. The number of benzene rings is 2. The van der Waals surface area contributed by atoms with Crippen LogP contribution >= 0.6 is 11.3 Å². The van der Waals surface area contributed by atoms with Gasteiger partial charge >= 0.3 is 0 Å². The van der Waals surface area contributed by atoms with E-state index in [0.29, 0.717) is 10.6 Å². The van der Waals surface area contributed by atoms with Gasteiger partial charge in [0, 0.05) is 11.7 Å². The van der Waals surface area contributed by atoms with Gasteiger partial charge in [-0.2, -0.15) is 0 Å². The maximum absolute atomic E-state index is 12.6. The fraction of sp³-hybridized carbons (Fsp3) is 0.211. The zero-order chi connectivity index (χ0) is 18.9. The van der Waals surface area contributed by atoms with Crippen molar-refractivity contribution >= 4 is 43.0 Å². The highest BCUT2D eigenvalue weighted by Gasteiger charge is 2.16. The molecule has 26 heavy (non-hydrogen) atoms. The van der Waals surface area contributed by atoms with Gasteiger partial charge in [-0.05, 0) is 42.1 Å². The number of hydrogen-bond donors (Lipinski definition) is 1. The van der Waals surface area contributed by atoms with E-state index in [1.54, 1.807) is 18.2 Å². The number of carbonyl (C=O) groups excluding carboxylic acids is 1. The molecule has 1 heterocycles. The van der Waals surface area contributed by atoms with Crippen LogP contribution in [0.1, 0.15) is 28.2 Å². The minimum absolute atomic E-state index is 0.0964. The first-order valence-electron chi connectivity index (χ1n) is 8.09. The Morgan fingerprint density at radius 2 is 1.81 bits per heavy atom. The summed E-state index contributed by atoms with van der Waals surface area (Å²) in [5.41, 5.74) is 1.61. The minimum atomic E-state index is -3.32. The normalized spacial score (nSPS) is 12.7. The summed E-state index contributed by atoms with van der Waals surface area (Å²) < 4.78 is 25.6. The Hall–Kier alpha value is -2.38. The molecule has 1 N–H and O–H groups in total. The van der Waals surface area contributed by atoms with Crippen LogP contribution in [0.25, 0.3) is 10.1 Å². The number of nitrogens with zero attached hydrogens (tertiary/aromatic N) is 1. The topological polar surface area (TPSA) is 66.5 Å². The third-order valence-electron chi connectivity index (χ3n) is 4.23. The van der Waals surface area contributed by atoms with Gasteiger partial charge in [0.25, 0.3) is 5.91 Å². The molecule has 0 radical (unpaired) electrons. The number of thiophene rings is 1. The van der Waals surface area contributed by atoms with Crippen LogP contribution in [0.3, 0.4) is 0 Å². The molecule has 3 rings (SSSR count). The van der Waals surface area contributed by atoms with Crippen LogP contribution in [0.5, 0.6) is 0 Å². The average molecular weight is 389 g/mol.